The number of nitriles is 3. The van der Waals surface area contributed by atoms with Crippen LogP contribution in [0.2, 0.25) is 0 Å². The number of piperazine rings is 3. The van der Waals surface area contributed by atoms with Crippen molar-refractivity contribution in [2.75, 3.05) is 141 Å². The second-order valence-electron chi connectivity index (χ2n) is 34.7. The number of ether oxygens (including phenoxy) is 4. The van der Waals surface area contributed by atoms with Crippen molar-refractivity contribution in [3.8, 4) is 42.0 Å². The highest BCUT2D eigenvalue weighted by Crippen LogP contribution is 2.41. The minimum atomic E-state index is -0.316. The van der Waals surface area contributed by atoms with Gasteiger partial charge in [0.15, 0.2) is 0 Å². The molecule has 18 rings (SSSR count). The van der Waals surface area contributed by atoms with E-state index in [1.54, 1.807) is 44.0 Å². The van der Waals surface area contributed by atoms with Crippen LogP contribution in [0.4, 0.5) is 17.5 Å². The number of benzene rings is 5. The number of amides is 6. The van der Waals surface area contributed by atoms with E-state index in [9.17, 15) is 44.6 Å². The average molecular weight is 1830 g/mol. The lowest BCUT2D eigenvalue weighted by molar-refractivity contribution is -0.129. The topological polar surface area (TPSA) is 340 Å². The number of hydrogen-bond donors (Lipinski definition) is 0. The standard InChI is InChI=1S/C34H39N7O3.C33H37N7O4.C31H33BrN8O3/c1-4-23-9-6-10-24-11-7-13-27(31(23)24)33(43)40-20-28-29(21-40)36-34(44-22-26-12-8-16-38(26)3)37-32(28)39-17-18-41(30(42)5-2)25(19-39)14-15-35;1-4-29(41)40-17-16-38(18-23(40)13-14-34)31-26-19-39(20-27(26)35-33(36-31)44-21-24-10-7-15-37(24)2)32(42)25-11-5-8-22-9-6-12-28(43-3)30(22)25;1-3-27(41)40-13-12-38(16-21(40)9-10-33)29-24-17-39(30(42)23-15-34-14-20-6-4-8-25(32)28(20)23)18-26(24)35-31(36-29)43-19-22-7-5-11-37(22)2/h5-7,9-11,13,25-26H,2,4,8,12,14,16-22H2,1,3H3;4-6,8-9,11-12,23-24H,1,7,10,13,15-21H2,2-3H3;3-4,6,8,14-15,21-22H,1,5,7,9,11-13,16-19H2,2H3/t25-,26-;23-,24-;21-,22-/m000/s1. The van der Waals surface area contributed by atoms with Crippen molar-refractivity contribution in [1.82, 2.24) is 79.0 Å². The van der Waals surface area contributed by atoms with Crippen LogP contribution < -0.4 is 33.6 Å². The molecule has 6 atom stereocenters. The summed E-state index contributed by atoms with van der Waals surface area (Å²) in [4.78, 5) is 137. The van der Waals surface area contributed by atoms with E-state index in [0.717, 1.165) is 141 Å². The maximum Gasteiger partial charge on any atom is 0.318 e. The van der Waals surface area contributed by atoms with Gasteiger partial charge in [0, 0.05) is 132 Å². The number of halogens is 1. The van der Waals surface area contributed by atoms with Crippen LogP contribution in [-0.2, 0) is 60.1 Å². The SMILES string of the molecule is C=CC(=O)N1CCN(c2nc(OC[C@@H]3CCCN3C)nc3c2CN(C(=O)c2cccc4cccc(CC)c24)C3)C[C@@H]1CC#N.C=CC(=O)N1CCN(c2nc(OC[C@@H]3CCCN3C)nc3c2CN(C(=O)c2cccc4cccc(OC)c24)C3)C[C@@H]1CC#N.C=CC(=O)N1CCN(c2nc(OC[C@@H]3CCCN3C)nc3c2CN(C(=O)c2cncc4cccc(Br)c24)C3)C[C@@H]1CC#N. The number of likely N-dealkylation sites (N-methyl/N-ethyl adjacent to an activating group) is 3. The third-order valence-electron chi connectivity index (χ3n) is 26.9. The van der Waals surface area contributed by atoms with Gasteiger partial charge in [-0.25, -0.2) is 0 Å². The Morgan fingerprint density at radius 2 is 0.802 bits per heavy atom. The fourth-order valence-electron chi connectivity index (χ4n) is 19.8. The predicted octanol–water partition coefficient (Wildman–Crippen LogP) is 10.9. The molecule has 9 aromatic rings. The molecule has 4 aromatic heterocycles. The number of aryl methyl sites for hydroxylation is 1. The summed E-state index contributed by atoms with van der Waals surface area (Å²) >= 11 is 3.61. The van der Waals surface area contributed by atoms with Gasteiger partial charge in [-0.1, -0.05) is 109 Å². The first kappa shape index (κ1) is 91.1. The van der Waals surface area contributed by atoms with Gasteiger partial charge in [0.1, 0.15) is 43.0 Å². The second-order valence-corrected chi connectivity index (χ2v) is 35.5. The zero-order valence-corrected chi connectivity index (χ0v) is 76.4. The van der Waals surface area contributed by atoms with Crippen molar-refractivity contribution >= 4 is 101 Å². The zero-order chi connectivity index (χ0) is 91.7. The molecule has 32 nitrogen and oxygen atoms in total. The number of rotatable bonds is 23. The molecule has 9 aliphatic heterocycles. The molecule has 6 saturated heterocycles. The maximum absolute atomic E-state index is 14.1. The van der Waals surface area contributed by atoms with Gasteiger partial charge >= 0.3 is 18.0 Å². The largest absolute Gasteiger partial charge is 0.496 e. The molecule has 0 N–H and O–H groups in total. The molecule has 678 valence electrons. The molecule has 0 saturated carbocycles. The van der Waals surface area contributed by atoms with Crippen molar-refractivity contribution in [3.05, 3.63) is 202 Å². The lowest BCUT2D eigenvalue weighted by Crippen LogP contribution is -2.55. The Bertz CT molecular complexity index is 5780. The van der Waals surface area contributed by atoms with Crippen LogP contribution in [0.3, 0.4) is 0 Å². The fourth-order valence-corrected chi connectivity index (χ4v) is 20.3. The number of carbonyl (C=O) groups excluding carboxylic acids is 6. The number of pyridine rings is 1. The highest BCUT2D eigenvalue weighted by atomic mass is 79.9. The number of nitrogens with zero attached hydrogens (tertiary/aromatic N) is 22. The van der Waals surface area contributed by atoms with E-state index in [4.69, 9.17) is 48.9 Å². The first-order chi connectivity index (χ1) is 63.7. The number of aromatic nitrogens is 7. The summed E-state index contributed by atoms with van der Waals surface area (Å²) in [6, 6.07) is 36.8. The Kier molecular flexibility index (Phi) is 28.4. The summed E-state index contributed by atoms with van der Waals surface area (Å²) in [5.41, 5.74) is 7.76. The number of likely N-dealkylation sites (tertiary alicyclic amines) is 3. The molecule has 6 fully saturated rings. The Morgan fingerprint density at radius 1 is 0.435 bits per heavy atom. The molecule has 0 bridgehead atoms. The molecule has 0 spiro atoms. The van der Waals surface area contributed by atoms with Gasteiger partial charge in [-0.05, 0) is 150 Å². The van der Waals surface area contributed by atoms with E-state index >= 15 is 0 Å². The van der Waals surface area contributed by atoms with Gasteiger partial charge < -0.3 is 77.7 Å². The van der Waals surface area contributed by atoms with Crippen LogP contribution in [0.1, 0.15) is 135 Å². The summed E-state index contributed by atoms with van der Waals surface area (Å²) in [6.07, 6.45) is 15.2. The third kappa shape index (κ3) is 19.4. The van der Waals surface area contributed by atoms with E-state index in [1.807, 2.05) is 89.8 Å². The van der Waals surface area contributed by atoms with Gasteiger partial charge in [-0.15, -0.1) is 0 Å². The number of hydrogen-bond acceptors (Lipinski definition) is 26. The van der Waals surface area contributed by atoms with Crippen LogP contribution in [-0.4, -0.2) is 277 Å². The summed E-state index contributed by atoms with van der Waals surface area (Å²) in [6.45, 7) is 23.7. The van der Waals surface area contributed by atoms with Gasteiger partial charge in [-0.2, -0.15) is 45.7 Å². The molecule has 131 heavy (non-hydrogen) atoms. The Balaban J connectivity index is 0.000000144. The van der Waals surface area contributed by atoms with E-state index in [2.05, 4.69) is 122 Å². The quantitative estimate of drug-likeness (QED) is 0.0537. The van der Waals surface area contributed by atoms with Crippen molar-refractivity contribution in [3.63, 3.8) is 0 Å². The molecule has 13 heterocycles. The van der Waals surface area contributed by atoms with Gasteiger partial charge in [0.05, 0.1) is 130 Å². The lowest BCUT2D eigenvalue weighted by atomic mass is 9.97. The minimum absolute atomic E-state index is 0.0424. The summed E-state index contributed by atoms with van der Waals surface area (Å²) in [5, 5.41) is 34.0. The molecule has 0 radical (unpaired) electrons. The molecule has 0 aliphatic carbocycles. The van der Waals surface area contributed by atoms with Crippen LogP contribution in [0.5, 0.6) is 23.8 Å². The number of carbonyl (C=O) groups is 6. The Morgan fingerprint density at radius 3 is 1.18 bits per heavy atom. The average Bonchev–Trinajstić information content (AvgIpc) is 1.62. The molecule has 9 aliphatic rings. The summed E-state index contributed by atoms with van der Waals surface area (Å²) in [7, 11) is 7.91. The van der Waals surface area contributed by atoms with Crippen molar-refractivity contribution in [1.29, 1.82) is 15.8 Å². The van der Waals surface area contributed by atoms with Gasteiger partial charge in [-0.3, -0.25) is 33.8 Å². The number of fused-ring (bicyclic) bond motifs is 6. The summed E-state index contributed by atoms with van der Waals surface area (Å²) in [5.74, 6) is 1.85. The zero-order valence-electron chi connectivity index (χ0n) is 74.9. The normalized spacial score (nSPS) is 20.1. The minimum Gasteiger partial charge on any atom is -0.496 e. The summed E-state index contributed by atoms with van der Waals surface area (Å²) < 4.78 is 25.0. The Hall–Kier alpha value is -13.3. The van der Waals surface area contributed by atoms with Crippen molar-refractivity contribution in [2.24, 2.45) is 0 Å². The smallest absolute Gasteiger partial charge is 0.318 e. The third-order valence-corrected chi connectivity index (χ3v) is 27.6. The lowest BCUT2D eigenvalue weighted by Gasteiger charge is -2.41. The van der Waals surface area contributed by atoms with Crippen LogP contribution >= 0.6 is 15.9 Å². The molecule has 5 aromatic carbocycles. The monoisotopic (exact) mass is 1830 g/mol. The highest BCUT2D eigenvalue weighted by molar-refractivity contribution is 9.10. The first-order valence-corrected chi connectivity index (χ1v) is 45.8. The second kappa shape index (κ2) is 40.8. The maximum atomic E-state index is 14.1. The van der Waals surface area contributed by atoms with Crippen LogP contribution in [0, 0.1) is 34.0 Å². The van der Waals surface area contributed by atoms with E-state index in [-0.39, 0.29) is 84.9 Å². The molecule has 6 amide bonds. The van der Waals surface area contributed by atoms with E-state index < -0.39 is 0 Å². The van der Waals surface area contributed by atoms with Gasteiger partial charge in [0.2, 0.25) is 17.7 Å². The first-order valence-electron chi connectivity index (χ1n) is 45.0. The molecular formula is C98H109BrN22O10. The van der Waals surface area contributed by atoms with Crippen molar-refractivity contribution < 1.29 is 47.7 Å². The fraction of sp³-hybridized carbons (Fsp3) is 0.429. The van der Waals surface area contributed by atoms with Crippen molar-refractivity contribution in [2.45, 2.75) is 147 Å². The highest BCUT2D eigenvalue weighted by Gasteiger charge is 2.42. The molecular weight excluding hydrogens is 1730 g/mol. The van der Waals surface area contributed by atoms with Crippen LogP contribution in [0.15, 0.2) is 146 Å². The Labute approximate surface area is 771 Å². The molecule has 0 unspecified atom stereocenters. The van der Waals surface area contributed by atoms with Crippen LogP contribution in [0.25, 0.3) is 32.3 Å². The van der Waals surface area contributed by atoms with Gasteiger partial charge in [0.25, 0.3) is 17.7 Å². The number of methoxy groups -OCH3 is 1. The van der Waals surface area contributed by atoms with E-state index in [0.29, 0.717) is 182 Å². The van der Waals surface area contributed by atoms with E-state index in [1.165, 1.54) is 18.2 Å². The number of anilines is 3. The predicted molar refractivity (Wildman–Crippen MR) is 498 cm³/mol. The molecule has 33 heteroatoms.